The lowest BCUT2D eigenvalue weighted by Gasteiger charge is -2.22. The lowest BCUT2D eigenvalue weighted by molar-refractivity contribution is -0.274. The number of hydrogen-bond donors (Lipinski definition) is 1. The minimum Gasteiger partial charge on any atom is -0.406 e. The zero-order valence-corrected chi connectivity index (χ0v) is 26.2. The average molecular weight is 650 g/mol. The number of anilines is 1. The zero-order chi connectivity index (χ0) is 33.0. The lowest BCUT2D eigenvalue weighted by atomic mass is 9.99. The van der Waals surface area contributed by atoms with Gasteiger partial charge in [0, 0.05) is 5.56 Å². The second kappa shape index (κ2) is 13.6. The molecule has 0 saturated carbocycles. The number of aromatic nitrogens is 3. The fourth-order valence-corrected chi connectivity index (χ4v) is 5.58. The maximum Gasteiger partial charge on any atom is 0.573 e. The first-order chi connectivity index (χ1) is 21.9. The largest absolute Gasteiger partial charge is 0.573 e. The number of aryl methyl sites for hydroxylation is 1. The molecular formula is C32H30F3N7O3S. The Morgan fingerprint density at radius 1 is 1.09 bits per heavy atom. The van der Waals surface area contributed by atoms with Crippen molar-refractivity contribution in [3.8, 4) is 22.8 Å². The zero-order valence-electron chi connectivity index (χ0n) is 25.4. The number of hydrogen-bond acceptors (Lipinski definition) is 7. The van der Waals surface area contributed by atoms with Gasteiger partial charge in [-0.1, -0.05) is 68.9 Å². The molecule has 3 aromatic carbocycles. The van der Waals surface area contributed by atoms with Crippen LogP contribution in [0.2, 0.25) is 0 Å². The van der Waals surface area contributed by atoms with E-state index in [1.54, 1.807) is 12.1 Å². The highest BCUT2D eigenvalue weighted by Gasteiger charge is 2.33. The van der Waals surface area contributed by atoms with Crippen molar-refractivity contribution in [1.82, 2.24) is 20.2 Å². The van der Waals surface area contributed by atoms with E-state index in [1.807, 2.05) is 58.0 Å². The van der Waals surface area contributed by atoms with Gasteiger partial charge in [-0.05, 0) is 66.3 Å². The maximum atomic E-state index is 12.8. The van der Waals surface area contributed by atoms with Crippen LogP contribution in [-0.4, -0.2) is 49.7 Å². The van der Waals surface area contributed by atoms with Crippen molar-refractivity contribution in [2.24, 2.45) is 10.1 Å². The first kappa shape index (κ1) is 32.4. The molecular weight excluding hydrogens is 619 g/mol. The Kier molecular flexibility index (Phi) is 9.56. The van der Waals surface area contributed by atoms with Gasteiger partial charge < -0.3 is 4.74 Å². The number of ether oxygens (including phenoxy) is 1. The fourth-order valence-electron chi connectivity index (χ4n) is 4.72. The molecule has 5 rings (SSSR count). The summed E-state index contributed by atoms with van der Waals surface area (Å²) in [6, 6.07) is 17.7. The molecule has 14 heteroatoms. The normalized spacial score (nSPS) is 14.8. The van der Waals surface area contributed by atoms with Crippen molar-refractivity contribution in [3.05, 3.63) is 89.7 Å². The summed E-state index contributed by atoms with van der Waals surface area (Å²) >= 11 is 1.20. The van der Waals surface area contributed by atoms with E-state index in [0.717, 1.165) is 22.4 Å². The Labute approximate surface area is 267 Å². The summed E-state index contributed by atoms with van der Waals surface area (Å²) < 4.78 is 42.7. The van der Waals surface area contributed by atoms with E-state index in [9.17, 15) is 22.8 Å². The number of nitrogens with one attached hydrogen (secondary N) is 1. The molecule has 10 nitrogen and oxygen atoms in total. The molecule has 1 N–H and O–H groups in total. The van der Waals surface area contributed by atoms with Crippen LogP contribution in [0.1, 0.15) is 49.8 Å². The minimum absolute atomic E-state index is 0.144. The first-order valence-corrected chi connectivity index (χ1v) is 15.3. The SMILES string of the molecule is CC/C(=N\NC(=O)N=C1SCC(=O)N1c1cc(C)ccc1C(C)C)c1ccc(-c2ncn(-c3ccc(OC(F)(F)F)cc3)n2)cc1. The Balaban J connectivity index is 1.27. The van der Waals surface area contributed by atoms with Crippen LogP contribution in [0.5, 0.6) is 5.75 Å². The Bertz CT molecular complexity index is 1800. The van der Waals surface area contributed by atoms with Gasteiger partial charge in [0.25, 0.3) is 0 Å². The van der Waals surface area contributed by atoms with Gasteiger partial charge >= 0.3 is 12.4 Å². The van der Waals surface area contributed by atoms with E-state index in [-0.39, 0.29) is 23.3 Å². The van der Waals surface area contributed by atoms with E-state index in [1.165, 1.54) is 51.9 Å². The number of alkyl halides is 3. The number of hydrazone groups is 1. The molecule has 0 aliphatic carbocycles. The smallest absolute Gasteiger partial charge is 0.406 e. The average Bonchev–Trinajstić information content (AvgIpc) is 3.64. The molecule has 0 unspecified atom stereocenters. The van der Waals surface area contributed by atoms with Gasteiger partial charge in [-0.15, -0.1) is 18.3 Å². The molecule has 0 bridgehead atoms. The predicted molar refractivity (Wildman–Crippen MR) is 171 cm³/mol. The number of carbonyl (C=O) groups excluding carboxylic acids is 2. The van der Waals surface area contributed by atoms with Gasteiger partial charge in [-0.25, -0.2) is 19.9 Å². The molecule has 1 fully saturated rings. The number of amidine groups is 1. The molecule has 238 valence electrons. The van der Waals surface area contributed by atoms with Crippen LogP contribution in [0.4, 0.5) is 23.7 Å². The van der Waals surface area contributed by atoms with Gasteiger partial charge in [0.2, 0.25) is 5.91 Å². The van der Waals surface area contributed by atoms with E-state index in [0.29, 0.717) is 34.4 Å². The number of benzene rings is 3. The second-order valence-electron chi connectivity index (χ2n) is 10.6. The molecule has 3 amide bonds. The Morgan fingerprint density at radius 2 is 1.80 bits per heavy atom. The van der Waals surface area contributed by atoms with Crippen LogP contribution in [-0.2, 0) is 4.79 Å². The van der Waals surface area contributed by atoms with E-state index in [2.05, 4.69) is 30.3 Å². The standard InChI is InChI=1S/C32H30F3N7O3S/c1-5-26(38-39-30(44)37-31-42(28(43)17-46-31)27-16-20(4)6-15-25(27)19(2)3)21-7-9-22(10-8-21)29-36-18-41(40-29)23-11-13-24(14-12-23)45-32(33,34)35/h6-16,18-19H,5,17H2,1-4H3,(H,39,44)/b37-31?,38-26+. The molecule has 0 radical (unpaired) electrons. The number of nitrogens with zero attached hydrogens (tertiary/aromatic N) is 6. The molecule has 1 aliphatic rings. The van der Waals surface area contributed by atoms with Gasteiger partial charge in [-0.2, -0.15) is 10.1 Å². The Hall–Kier alpha value is -4.98. The first-order valence-electron chi connectivity index (χ1n) is 14.3. The highest BCUT2D eigenvalue weighted by Crippen LogP contribution is 2.34. The van der Waals surface area contributed by atoms with Gasteiger partial charge in [0.1, 0.15) is 12.1 Å². The van der Waals surface area contributed by atoms with Gasteiger partial charge in [0.05, 0.1) is 22.8 Å². The van der Waals surface area contributed by atoms with Crippen molar-refractivity contribution in [3.63, 3.8) is 0 Å². The topological polar surface area (TPSA) is 114 Å². The number of rotatable bonds is 8. The number of urea groups is 1. The number of carbonyl (C=O) groups is 2. The molecule has 1 saturated heterocycles. The molecule has 1 aliphatic heterocycles. The van der Waals surface area contributed by atoms with Crippen molar-refractivity contribution in [1.29, 1.82) is 0 Å². The van der Waals surface area contributed by atoms with Crippen LogP contribution in [0.3, 0.4) is 0 Å². The van der Waals surface area contributed by atoms with Crippen molar-refractivity contribution in [2.75, 3.05) is 10.7 Å². The minimum atomic E-state index is -4.77. The molecule has 46 heavy (non-hydrogen) atoms. The highest BCUT2D eigenvalue weighted by molar-refractivity contribution is 8.15. The van der Waals surface area contributed by atoms with Gasteiger partial charge in [-0.3, -0.25) is 9.69 Å². The summed E-state index contributed by atoms with van der Waals surface area (Å²) in [7, 11) is 0. The molecule has 4 aromatic rings. The third-order valence-corrected chi connectivity index (χ3v) is 7.86. The summed E-state index contributed by atoms with van der Waals surface area (Å²) in [5.74, 6) is 0.282. The van der Waals surface area contributed by atoms with E-state index in [4.69, 9.17) is 0 Å². The lowest BCUT2D eigenvalue weighted by Crippen LogP contribution is -2.32. The third-order valence-electron chi connectivity index (χ3n) is 6.94. The summed E-state index contributed by atoms with van der Waals surface area (Å²) in [5, 5.41) is 9.01. The van der Waals surface area contributed by atoms with Crippen LogP contribution in [0.15, 0.2) is 83.2 Å². The second-order valence-corrected chi connectivity index (χ2v) is 11.5. The van der Waals surface area contributed by atoms with Crippen LogP contribution >= 0.6 is 11.8 Å². The van der Waals surface area contributed by atoms with Crippen LogP contribution < -0.4 is 15.1 Å². The highest BCUT2D eigenvalue weighted by atomic mass is 32.2. The molecule has 0 atom stereocenters. The van der Waals surface area contributed by atoms with Crippen molar-refractivity contribution in [2.45, 2.75) is 46.4 Å². The van der Waals surface area contributed by atoms with Crippen molar-refractivity contribution < 1.29 is 27.5 Å². The Morgan fingerprint density at radius 3 is 2.46 bits per heavy atom. The number of amides is 3. The quantitative estimate of drug-likeness (QED) is 0.159. The van der Waals surface area contributed by atoms with Crippen molar-refractivity contribution >= 4 is 40.3 Å². The predicted octanol–water partition coefficient (Wildman–Crippen LogP) is 7.22. The van der Waals surface area contributed by atoms with Crippen LogP contribution in [0, 0.1) is 6.92 Å². The number of thioether (sulfide) groups is 1. The van der Waals surface area contributed by atoms with Crippen LogP contribution in [0.25, 0.3) is 17.1 Å². The molecule has 2 heterocycles. The van der Waals surface area contributed by atoms with E-state index < -0.39 is 12.4 Å². The fraction of sp³-hybridized carbons (Fsp3) is 0.250. The summed E-state index contributed by atoms with van der Waals surface area (Å²) in [5.41, 5.74) is 7.76. The number of halogens is 3. The third kappa shape index (κ3) is 7.62. The monoisotopic (exact) mass is 649 g/mol. The van der Waals surface area contributed by atoms with Gasteiger partial charge in [0.15, 0.2) is 11.0 Å². The maximum absolute atomic E-state index is 12.8. The summed E-state index contributed by atoms with van der Waals surface area (Å²) in [6.45, 7) is 7.94. The summed E-state index contributed by atoms with van der Waals surface area (Å²) in [6.07, 6.45) is -2.80. The molecule has 0 spiro atoms. The molecule has 1 aromatic heterocycles. The number of aliphatic imine (C=N–C) groups is 1. The summed E-state index contributed by atoms with van der Waals surface area (Å²) in [4.78, 5) is 35.6. The van der Waals surface area contributed by atoms with E-state index >= 15 is 0 Å².